The summed E-state index contributed by atoms with van der Waals surface area (Å²) in [5.41, 5.74) is 2.78. The number of amides is 1. The summed E-state index contributed by atoms with van der Waals surface area (Å²) in [6.07, 6.45) is -3.08. The molecular formula is C24H19F3N4O. The van der Waals surface area contributed by atoms with Crippen molar-refractivity contribution in [1.82, 2.24) is 19.9 Å². The molecule has 1 unspecified atom stereocenters. The maximum atomic E-state index is 13.8. The average Bonchev–Trinajstić information content (AvgIpc) is 3.37. The number of aromatic nitrogens is 3. The third-order valence-corrected chi connectivity index (χ3v) is 5.74. The van der Waals surface area contributed by atoms with Crippen molar-refractivity contribution in [1.29, 1.82) is 0 Å². The molecule has 162 valence electrons. The molecule has 1 N–H and O–H groups in total. The molecule has 8 heteroatoms. The Balaban J connectivity index is 1.52. The van der Waals surface area contributed by atoms with Gasteiger partial charge >= 0.3 is 6.18 Å². The largest absolute Gasteiger partial charge is 0.433 e. The Labute approximate surface area is 181 Å². The van der Waals surface area contributed by atoms with Crippen LogP contribution in [0.3, 0.4) is 0 Å². The number of aryl methyl sites for hydroxylation is 2. The minimum Gasteiger partial charge on any atom is -0.344 e. The van der Waals surface area contributed by atoms with E-state index in [1.54, 1.807) is 12.1 Å². The summed E-state index contributed by atoms with van der Waals surface area (Å²) in [5, 5.41) is 6.85. The highest BCUT2D eigenvalue weighted by molar-refractivity contribution is 5.93. The number of fused-ring (bicyclic) bond motifs is 2. The molecule has 1 atom stereocenters. The van der Waals surface area contributed by atoms with Crippen molar-refractivity contribution in [2.45, 2.75) is 32.0 Å². The van der Waals surface area contributed by atoms with Gasteiger partial charge < -0.3 is 5.32 Å². The number of rotatable bonds is 3. The van der Waals surface area contributed by atoms with E-state index in [-0.39, 0.29) is 23.1 Å². The van der Waals surface area contributed by atoms with E-state index in [0.29, 0.717) is 10.1 Å². The van der Waals surface area contributed by atoms with E-state index < -0.39 is 17.8 Å². The van der Waals surface area contributed by atoms with Crippen LogP contribution >= 0.6 is 0 Å². The molecular weight excluding hydrogens is 417 g/mol. The fourth-order valence-corrected chi connectivity index (χ4v) is 4.10. The maximum absolute atomic E-state index is 13.8. The van der Waals surface area contributed by atoms with Crippen molar-refractivity contribution < 1.29 is 18.0 Å². The molecule has 0 saturated carbocycles. The second kappa shape index (κ2) is 7.47. The highest BCUT2D eigenvalue weighted by Crippen LogP contribution is 2.33. The predicted octanol–water partition coefficient (Wildman–Crippen LogP) is 5.14. The van der Waals surface area contributed by atoms with Crippen LogP contribution in [0.25, 0.3) is 16.9 Å². The van der Waals surface area contributed by atoms with E-state index in [4.69, 9.17) is 0 Å². The zero-order valence-corrected chi connectivity index (χ0v) is 17.1. The minimum atomic E-state index is -4.66. The fraction of sp³-hybridized carbons (Fsp3) is 0.208. The van der Waals surface area contributed by atoms with Gasteiger partial charge in [0.05, 0.1) is 11.7 Å². The Bertz CT molecular complexity index is 1330. The van der Waals surface area contributed by atoms with Crippen molar-refractivity contribution >= 4 is 11.6 Å². The Morgan fingerprint density at radius 2 is 1.84 bits per heavy atom. The lowest BCUT2D eigenvalue weighted by Gasteiger charge is -2.13. The summed E-state index contributed by atoms with van der Waals surface area (Å²) in [5.74, 6) is -0.526. The van der Waals surface area contributed by atoms with Gasteiger partial charge in [-0.2, -0.15) is 18.3 Å². The normalized spacial score (nSPS) is 15.7. The summed E-state index contributed by atoms with van der Waals surface area (Å²) >= 11 is 0. The van der Waals surface area contributed by atoms with E-state index in [1.165, 1.54) is 6.07 Å². The first-order valence-electron chi connectivity index (χ1n) is 10.2. The molecule has 5 rings (SSSR count). The maximum Gasteiger partial charge on any atom is 0.433 e. The van der Waals surface area contributed by atoms with Gasteiger partial charge in [0.15, 0.2) is 17.0 Å². The SMILES string of the molecule is Cc1ccc(-c2cc(C(F)(F)F)n3nc(C(=O)NC4CCc5ccccc54)cc3n2)cc1. The quantitative estimate of drug-likeness (QED) is 0.484. The highest BCUT2D eigenvalue weighted by Gasteiger charge is 2.36. The molecule has 1 amide bonds. The second-order valence-electron chi connectivity index (χ2n) is 7.95. The van der Waals surface area contributed by atoms with Gasteiger partial charge in [0.25, 0.3) is 5.91 Å². The molecule has 2 heterocycles. The Kier molecular flexibility index (Phi) is 4.73. The van der Waals surface area contributed by atoms with E-state index in [2.05, 4.69) is 15.4 Å². The van der Waals surface area contributed by atoms with Gasteiger partial charge in [-0.3, -0.25) is 4.79 Å². The summed E-state index contributed by atoms with van der Waals surface area (Å²) in [7, 11) is 0. The number of benzene rings is 2. The molecule has 2 aromatic carbocycles. The van der Waals surface area contributed by atoms with Gasteiger partial charge in [0, 0.05) is 11.6 Å². The first-order valence-corrected chi connectivity index (χ1v) is 10.2. The summed E-state index contributed by atoms with van der Waals surface area (Å²) < 4.78 is 42.1. The van der Waals surface area contributed by atoms with Crippen LogP contribution in [0.4, 0.5) is 13.2 Å². The monoisotopic (exact) mass is 436 g/mol. The lowest BCUT2D eigenvalue weighted by molar-refractivity contribution is -0.142. The average molecular weight is 436 g/mol. The van der Waals surface area contributed by atoms with Crippen molar-refractivity contribution in [3.05, 3.63) is 88.7 Å². The lowest BCUT2D eigenvalue weighted by Crippen LogP contribution is -2.27. The molecule has 5 nitrogen and oxygen atoms in total. The number of nitrogens with one attached hydrogen (secondary N) is 1. The van der Waals surface area contributed by atoms with Crippen molar-refractivity contribution in [3.63, 3.8) is 0 Å². The molecule has 1 aliphatic carbocycles. The summed E-state index contributed by atoms with van der Waals surface area (Å²) in [6, 6.07) is 16.9. The molecule has 2 aromatic heterocycles. The lowest BCUT2D eigenvalue weighted by atomic mass is 10.1. The Morgan fingerprint density at radius 3 is 2.59 bits per heavy atom. The number of hydrogen-bond acceptors (Lipinski definition) is 3. The zero-order chi connectivity index (χ0) is 22.5. The number of alkyl halides is 3. The first kappa shape index (κ1) is 20.2. The van der Waals surface area contributed by atoms with Gasteiger partial charge in [0.2, 0.25) is 0 Å². The van der Waals surface area contributed by atoms with Crippen LogP contribution in [0.1, 0.15) is 45.3 Å². The number of nitrogens with zero attached hydrogens (tertiary/aromatic N) is 3. The third-order valence-electron chi connectivity index (χ3n) is 5.74. The van der Waals surface area contributed by atoms with Gasteiger partial charge in [0.1, 0.15) is 0 Å². The van der Waals surface area contributed by atoms with Crippen LogP contribution in [-0.4, -0.2) is 20.5 Å². The standard InChI is InChI=1S/C24H19F3N4O/c1-14-6-8-16(9-7-14)19-12-21(24(25,26)27)31-22(28-19)13-20(30-31)23(32)29-18-11-10-15-4-2-3-5-17(15)18/h2-9,12-13,18H,10-11H2,1H3,(H,29,32). The van der Waals surface area contributed by atoms with E-state index in [1.807, 2.05) is 43.3 Å². The Morgan fingerprint density at radius 1 is 1.09 bits per heavy atom. The smallest absolute Gasteiger partial charge is 0.344 e. The molecule has 0 radical (unpaired) electrons. The van der Waals surface area contributed by atoms with Crippen LogP contribution < -0.4 is 5.32 Å². The molecule has 1 aliphatic rings. The molecule has 32 heavy (non-hydrogen) atoms. The molecule has 0 bridgehead atoms. The molecule has 0 saturated heterocycles. The first-order chi connectivity index (χ1) is 15.3. The number of carbonyl (C=O) groups excluding carboxylic acids is 1. The van der Waals surface area contributed by atoms with Gasteiger partial charge in [-0.1, -0.05) is 54.1 Å². The number of halogens is 3. The highest BCUT2D eigenvalue weighted by atomic mass is 19.4. The Hall–Kier alpha value is -3.68. The van der Waals surface area contributed by atoms with Crippen LogP contribution in [0, 0.1) is 6.92 Å². The molecule has 0 fully saturated rings. The van der Waals surface area contributed by atoms with Crippen LogP contribution in [-0.2, 0) is 12.6 Å². The van der Waals surface area contributed by atoms with Crippen molar-refractivity contribution in [2.24, 2.45) is 0 Å². The number of carbonyl (C=O) groups is 1. The van der Waals surface area contributed by atoms with Crippen molar-refractivity contribution in [2.75, 3.05) is 0 Å². The predicted molar refractivity (Wildman–Crippen MR) is 113 cm³/mol. The number of hydrogen-bond donors (Lipinski definition) is 1. The van der Waals surface area contributed by atoms with Crippen molar-refractivity contribution in [3.8, 4) is 11.3 Å². The summed E-state index contributed by atoms with van der Waals surface area (Å²) in [6.45, 7) is 1.89. The fourth-order valence-electron chi connectivity index (χ4n) is 4.10. The van der Waals surface area contributed by atoms with Gasteiger partial charge in [-0.15, -0.1) is 0 Å². The van der Waals surface area contributed by atoms with E-state index >= 15 is 0 Å². The van der Waals surface area contributed by atoms with Gasteiger partial charge in [-0.05, 0) is 37.0 Å². The van der Waals surface area contributed by atoms with Gasteiger partial charge in [-0.25, -0.2) is 9.50 Å². The minimum absolute atomic E-state index is 0.0348. The van der Waals surface area contributed by atoms with E-state index in [0.717, 1.165) is 35.6 Å². The summed E-state index contributed by atoms with van der Waals surface area (Å²) in [4.78, 5) is 17.2. The molecule has 4 aromatic rings. The second-order valence-corrected chi connectivity index (χ2v) is 7.95. The van der Waals surface area contributed by atoms with Crippen LogP contribution in [0.15, 0.2) is 60.7 Å². The molecule has 0 spiro atoms. The topological polar surface area (TPSA) is 59.3 Å². The van der Waals surface area contributed by atoms with Crippen LogP contribution in [0.2, 0.25) is 0 Å². The third kappa shape index (κ3) is 3.62. The van der Waals surface area contributed by atoms with Crippen LogP contribution in [0.5, 0.6) is 0 Å². The zero-order valence-electron chi connectivity index (χ0n) is 17.1. The molecule has 0 aliphatic heterocycles. The van der Waals surface area contributed by atoms with E-state index in [9.17, 15) is 18.0 Å².